The number of hydrogen-bond donors (Lipinski definition) is 2. The maximum Gasteiger partial charge on any atom is 0.103 e. The Hall–Kier alpha value is -1.31. The zero-order valence-corrected chi connectivity index (χ0v) is 11.8. The first-order chi connectivity index (χ1) is 8.81. The van der Waals surface area contributed by atoms with Crippen LogP contribution in [0.15, 0.2) is 34.3 Å². The average Bonchev–Trinajstić information content (AvgIpc) is 2.40. The van der Waals surface area contributed by atoms with Crippen molar-refractivity contribution in [1.29, 1.82) is 5.26 Å². The maximum atomic E-state index is 9.11. The molecular formula is C14H16BrN3. The van der Waals surface area contributed by atoms with Crippen LogP contribution in [0.5, 0.6) is 0 Å². The highest BCUT2D eigenvalue weighted by Gasteiger charge is 2.06. The maximum absolute atomic E-state index is 9.11. The summed E-state index contributed by atoms with van der Waals surface area (Å²) in [5, 5.41) is 15.7. The van der Waals surface area contributed by atoms with Gasteiger partial charge in [-0.2, -0.15) is 5.26 Å². The molecule has 94 valence electrons. The Balaban J connectivity index is 1.92. The van der Waals surface area contributed by atoms with Gasteiger partial charge in [0.05, 0.1) is 11.3 Å². The van der Waals surface area contributed by atoms with Crippen LogP contribution in [-0.4, -0.2) is 19.6 Å². The molecule has 0 spiro atoms. The number of rotatable bonds is 4. The highest BCUT2D eigenvalue weighted by atomic mass is 79.9. The average molecular weight is 306 g/mol. The van der Waals surface area contributed by atoms with E-state index in [2.05, 4.69) is 38.7 Å². The van der Waals surface area contributed by atoms with Crippen LogP contribution in [0.3, 0.4) is 0 Å². The molecule has 0 aromatic heterocycles. The monoisotopic (exact) mass is 305 g/mol. The van der Waals surface area contributed by atoms with Crippen LogP contribution in [0.4, 0.5) is 5.69 Å². The predicted molar refractivity (Wildman–Crippen MR) is 77.5 cm³/mol. The fraction of sp³-hybridized carbons (Fsp3) is 0.357. The van der Waals surface area contributed by atoms with Crippen molar-refractivity contribution in [2.45, 2.75) is 12.8 Å². The highest BCUT2D eigenvalue weighted by molar-refractivity contribution is 9.10. The summed E-state index contributed by atoms with van der Waals surface area (Å²) in [5.41, 5.74) is 3.08. The van der Waals surface area contributed by atoms with Crippen molar-refractivity contribution in [3.8, 4) is 6.07 Å². The summed E-state index contributed by atoms with van der Waals surface area (Å²) in [7, 11) is 0. The van der Waals surface area contributed by atoms with Gasteiger partial charge in [0, 0.05) is 17.6 Å². The lowest BCUT2D eigenvalue weighted by molar-refractivity contribution is 0.683. The largest absolute Gasteiger partial charge is 0.384 e. The Morgan fingerprint density at radius 3 is 3.06 bits per heavy atom. The minimum Gasteiger partial charge on any atom is -0.384 e. The lowest BCUT2D eigenvalue weighted by Crippen LogP contribution is -2.21. The molecule has 3 nitrogen and oxygen atoms in total. The molecule has 0 atom stereocenters. The van der Waals surface area contributed by atoms with Crippen LogP contribution in [0, 0.1) is 11.3 Å². The Bertz CT molecular complexity index is 488. The summed E-state index contributed by atoms with van der Waals surface area (Å²) in [4.78, 5) is 0. The van der Waals surface area contributed by atoms with Crippen molar-refractivity contribution in [2.75, 3.05) is 25.0 Å². The van der Waals surface area contributed by atoms with Gasteiger partial charge in [0.2, 0.25) is 0 Å². The van der Waals surface area contributed by atoms with Crippen molar-refractivity contribution < 1.29 is 0 Å². The van der Waals surface area contributed by atoms with Gasteiger partial charge in [-0.15, -0.1) is 0 Å². The lowest BCUT2D eigenvalue weighted by atomic mass is 10.1. The molecule has 0 saturated carbocycles. The van der Waals surface area contributed by atoms with E-state index in [1.54, 1.807) is 0 Å². The van der Waals surface area contributed by atoms with E-state index < -0.39 is 0 Å². The topological polar surface area (TPSA) is 47.9 Å². The second kappa shape index (κ2) is 6.58. The van der Waals surface area contributed by atoms with Crippen LogP contribution in [0.1, 0.15) is 18.4 Å². The molecule has 1 aromatic carbocycles. The zero-order chi connectivity index (χ0) is 12.8. The summed E-state index contributed by atoms with van der Waals surface area (Å²) in [5.74, 6) is 0. The van der Waals surface area contributed by atoms with E-state index in [0.717, 1.165) is 42.6 Å². The van der Waals surface area contributed by atoms with E-state index in [-0.39, 0.29) is 0 Å². The SMILES string of the molecule is N#Cc1c(Br)cccc1NCCC1=CCNCC1. The van der Waals surface area contributed by atoms with Gasteiger partial charge in [0.25, 0.3) is 0 Å². The van der Waals surface area contributed by atoms with Crippen molar-refractivity contribution in [3.63, 3.8) is 0 Å². The second-order valence-corrected chi connectivity index (χ2v) is 5.12. The van der Waals surface area contributed by atoms with E-state index in [4.69, 9.17) is 5.26 Å². The number of hydrogen-bond acceptors (Lipinski definition) is 3. The minimum atomic E-state index is 0.678. The first kappa shape index (κ1) is 13.1. The molecule has 2 N–H and O–H groups in total. The number of halogens is 1. The van der Waals surface area contributed by atoms with Gasteiger partial charge in [-0.25, -0.2) is 0 Å². The van der Waals surface area contributed by atoms with E-state index in [1.807, 2.05) is 18.2 Å². The van der Waals surface area contributed by atoms with Crippen molar-refractivity contribution in [2.24, 2.45) is 0 Å². The fourth-order valence-corrected chi connectivity index (χ4v) is 2.49. The normalized spacial score (nSPS) is 14.8. The molecule has 0 radical (unpaired) electrons. The first-order valence-electron chi connectivity index (χ1n) is 6.12. The Morgan fingerprint density at radius 2 is 2.33 bits per heavy atom. The van der Waals surface area contributed by atoms with Gasteiger partial charge >= 0.3 is 0 Å². The van der Waals surface area contributed by atoms with E-state index in [0.29, 0.717) is 5.56 Å². The number of benzene rings is 1. The summed E-state index contributed by atoms with van der Waals surface area (Å²) in [6.45, 7) is 2.93. The Labute approximate surface area is 116 Å². The molecule has 4 heteroatoms. The fourth-order valence-electron chi connectivity index (χ4n) is 2.04. The third-order valence-corrected chi connectivity index (χ3v) is 3.71. The van der Waals surface area contributed by atoms with Crippen molar-refractivity contribution >= 4 is 21.6 Å². The number of nitriles is 1. The van der Waals surface area contributed by atoms with Crippen LogP contribution < -0.4 is 10.6 Å². The van der Waals surface area contributed by atoms with Gasteiger partial charge in [0.1, 0.15) is 6.07 Å². The minimum absolute atomic E-state index is 0.678. The van der Waals surface area contributed by atoms with Crippen LogP contribution >= 0.6 is 15.9 Å². The molecule has 1 aromatic rings. The van der Waals surface area contributed by atoms with Gasteiger partial charge in [-0.05, 0) is 47.4 Å². The van der Waals surface area contributed by atoms with Crippen LogP contribution in [-0.2, 0) is 0 Å². The molecule has 0 aliphatic carbocycles. The number of nitrogens with one attached hydrogen (secondary N) is 2. The van der Waals surface area contributed by atoms with E-state index in [1.165, 1.54) is 5.57 Å². The molecule has 2 rings (SSSR count). The Kier molecular flexibility index (Phi) is 4.80. The molecule has 0 fully saturated rings. The smallest absolute Gasteiger partial charge is 0.103 e. The van der Waals surface area contributed by atoms with Gasteiger partial charge in [0.15, 0.2) is 0 Å². The molecule has 1 aliphatic rings. The molecule has 0 saturated heterocycles. The predicted octanol–water partition coefficient (Wildman–Crippen LogP) is 3.04. The van der Waals surface area contributed by atoms with Crippen LogP contribution in [0.2, 0.25) is 0 Å². The molecule has 0 unspecified atom stereocenters. The molecule has 18 heavy (non-hydrogen) atoms. The summed E-state index contributed by atoms with van der Waals surface area (Å²) in [6.07, 6.45) is 4.43. The van der Waals surface area contributed by atoms with Gasteiger partial charge in [-0.1, -0.05) is 17.7 Å². The summed E-state index contributed by atoms with van der Waals surface area (Å²) in [6, 6.07) is 7.99. The molecule has 1 aliphatic heterocycles. The Morgan fingerprint density at radius 1 is 1.44 bits per heavy atom. The first-order valence-corrected chi connectivity index (χ1v) is 6.91. The van der Waals surface area contributed by atoms with Crippen molar-refractivity contribution in [1.82, 2.24) is 5.32 Å². The standard InChI is InChI=1S/C14H16BrN3/c15-13-2-1-3-14(12(13)10-16)18-9-6-11-4-7-17-8-5-11/h1-4,17-18H,5-9H2. The summed E-state index contributed by atoms with van der Waals surface area (Å²) >= 11 is 3.39. The molecule has 0 bridgehead atoms. The number of anilines is 1. The molecular weight excluding hydrogens is 290 g/mol. The van der Waals surface area contributed by atoms with Gasteiger partial charge < -0.3 is 10.6 Å². The van der Waals surface area contributed by atoms with E-state index in [9.17, 15) is 0 Å². The number of nitrogens with zero attached hydrogens (tertiary/aromatic N) is 1. The van der Waals surface area contributed by atoms with Crippen LogP contribution in [0.25, 0.3) is 0 Å². The van der Waals surface area contributed by atoms with Crippen molar-refractivity contribution in [3.05, 3.63) is 39.9 Å². The third kappa shape index (κ3) is 3.34. The van der Waals surface area contributed by atoms with E-state index >= 15 is 0 Å². The lowest BCUT2D eigenvalue weighted by Gasteiger charge is -2.15. The second-order valence-electron chi connectivity index (χ2n) is 4.27. The third-order valence-electron chi connectivity index (χ3n) is 3.04. The molecule has 0 amide bonds. The zero-order valence-electron chi connectivity index (χ0n) is 10.2. The molecule has 1 heterocycles. The highest BCUT2D eigenvalue weighted by Crippen LogP contribution is 2.24. The quantitative estimate of drug-likeness (QED) is 0.841. The summed E-state index contributed by atoms with van der Waals surface area (Å²) < 4.78 is 0.844. The van der Waals surface area contributed by atoms with Gasteiger partial charge in [-0.3, -0.25) is 0 Å².